The zero-order valence-corrected chi connectivity index (χ0v) is 12.8. The van der Waals surface area contributed by atoms with Gasteiger partial charge in [-0.25, -0.2) is 4.79 Å². The molecule has 0 aromatic rings. The Balaban J connectivity index is 2.23. The zero-order valence-electron chi connectivity index (χ0n) is 12.8. The smallest absolute Gasteiger partial charge is 0.321 e. The molecule has 2 saturated heterocycles. The third kappa shape index (κ3) is 3.89. The van der Waals surface area contributed by atoms with Gasteiger partial charge in [-0.05, 0) is 0 Å². The molecule has 2 heterocycles. The number of aliphatic hydroxyl groups excluding tert-OH is 2. The summed E-state index contributed by atoms with van der Waals surface area (Å²) in [5.41, 5.74) is 0. The van der Waals surface area contributed by atoms with Crippen LogP contribution in [-0.2, 0) is 23.8 Å². The van der Waals surface area contributed by atoms with Crippen LogP contribution in [-0.4, -0.2) is 77.0 Å². The van der Waals surface area contributed by atoms with E-state index in [2.05, 4.69) is 5.32 Å². The Hall–Kier alpha value is -1.91. The fourth-order valence-corrected chi connectivity index (χ4v) is 2.66. The molecule has 0 radical (unpaired) electrons. The summed E-state index contributed by atoms with van der Waals surface area (Å²) >= 11 is 0. The maximum absolute atomic E-state index is 12.0. The van der Waals surface area contributed by atoms with Crippen molar-refractivity contribution in [3.8, 4) is 0 Å². The van der Waals surface area contributed by atoms with Gasteiger partial charge in [0, 0.05) is 26.8 Å². The molecule has 10 nitrogen and oxygen atoms in total. The van der Waals surface area contributed by atoms with Crippen molar-refractivity contribution in [1.29, 1.82) is 0 Å². The van der Waals surface area contributed by atoms with E-state index >= 15 is 0 Å². The quantitative estimate of drug-likeness (QED) is 0.519. The molecule has 23 heavy (non-hydrogen) atoms. The minimum absolute atomic E-state index is 0.153. The number of urea groups is 1. The first-order valence-electron chi connectivity index (χ1n) is 7.19. The Bertz CT molecular complexity index is 485. The molecule has 3 N–H and O–H groups in total. The van der Waals surface area contributed by atoms with Crippen molar-refractivity contribution >= 4 is 18.0 Å². The molecule has 2 aliphatic rings. The largest absolute Gasteiger partial charge is 0.456 e. The van der Waals surface area contributed by atoms with Gasteiger partial charge in [0.2, 0.25) is 0 Å². The monoisotopic (exact) mass is 332 g/mol. The summed E-state index contributed by atoms with van der Waals surface area (Å²) in [6.45, 7) is 2.02. The van der Waals surface area contributed by atoms with Crippen LogP contribution in [0.4, 0.5) is 4.79 Å². The summed E-state index contributed by atoms with van der Waals surface area (Å²) in [5.74, 6) is -1.27. The van der Waals surface area contributed by atoms with Crippen LogP contribution in [0.1, 0.15) is 20.3 Å². The van der Waals surface area contributed by atoms with Crippen molar-refractivity contribution in [2.75, 3.05) is 13.2 Å². The van der Waals surface area contributed by atoms with E-state index in [-0.39, 0.29) is 13.0 Å². The van der Waals surface area contributed by atoms with E-state index in [1.807, 2.05) is 0 Å². The van der Waals surface area contributed by atoms with E-state index in [0.29, 0.717) is 0 Å². The Labute approximate surface area is 132 Å². The summed E-state index contributed by atoms with van der Waals surface area (Å²) in [6.07, 6.45) is -4.80. The lowest BCUT2D eigenvalue weighted by Crippen LogP contribution is -2.58. The van der Waals surface area contributed by atoms with Gasteiger partial charge in [-0.2, -0.15) is 0 Å². The number of hydrogen-bond donors (Lipinski definition) is 3. The minimum Gasteiger partial charge on any atom is -0.456 e. The molecule has 0 saturated carbocycles. The van der Waals surface area contributed by atoms with Gasteiger partial charge in [-0.15, -0.1) is 0 Å². The Morgan fingerprint density at radius 3 is 2.43 bits per heavy atom. The van der Waals surface area contributed by atoms with E-state index in [0.717, 1.165) is 0 Å². The second kappa shape index (κ2) is 7.11. The lowest BCUT2D eigenvalue weighted by molar-refractivity contribution is -0.167. The van der Waals surface area contributed by atoms with Crippen LogP contribution < -0.4 is 5.32 Å². The highest BCUT2D eigenvalue weighted by molar-refractivity contribution is 5.75. The van der Waals surface area contributed by atoms with Crippen molar-refractivity contribution in [3.63, 3.8) is 0 Å². The van der Waals surface area contributed by atoms with Crippen molar-refractivity contribution in [1.82, 2.24) is 10.2 Å². The molecule has 2 aliphatic heterocycles. The Kier molecular flexibility index (Phi) is 5.39. The van der Waals surface area contributed by atoms with Crippen LogP contribution in [0.5, 0.6) is 0 Å². The summed E-state index contributed by atoms with van der Waals surface area (Å²) in [6, 6.07) is -0.605. The number of amides is 2. The molecule has 5 atom stereocenters. The maximum Gasteiger partial charge on any atom is 0.321 e. The number of carbonyl (C=O) groups is 3. The molecule has 0 aromatic heterocycles. The maximum atomic E-state index is 12.0. The molecule has 10 heteroatoms. The summed E-state index contributed by atoms with van der Waals surface area (Å²) in [5, 5.41) is 21.2. The molecule has 0 spiro atoms. The number of carbonyl (C=O) groups excluding carboxylic acids is 3. The third-order valence-corrected chi connectivity index (χ3v) is 3.57. The van der Waals surface area contributed by atoms with Gasteiger partial charge in [0.25, 0.3) is 0 Å². The molecule has 2 rings (SSSR count). The molecule has 2 amide bonds. The average molecular weight is 332 g/mol. The highest BCUT2D eigenvalue weighted by Gasteiger charge is 2.52. The molecule has 130 valence electrons. The number of ether oxygens (including phenoxy) is 3. The second-order valence-corrected chi connectivity index (χ2v) is 5.34. The predicted octanol–water partition coefficient (Wildman–Crippen LogP) is -1.70. The molecule has 0 aliphatic carbocycles. The average Bonchev–Trinajstić information content (AvgIpc) is 2.76. The van der Waals surface area contributed by atoms with E-state index in [1.54, 1.807) is 0 Å². The van der Waals surface area contributed by atoms with Crippen LogP contribution in [0, 0.1) is 0 Å². The normalized spacial score (nSPS) is 34.0. The summed E-state index contributed by atoms with van der Waals surface area (Å²) < 4.78 is 15.8. The molecule has 2 fully saturated rings. The SMILES string of the molecule is CC(=O)O[C@H]1[C@H](OC(C)=O)[C@@H](CO)O[C@H]1N1CCC(O)NC1=O. The molecule has 1 unspecified atom stereocenters. The standard InChI is InChI=1S/C13H20N2O8/c1-6(17)21-10-8(5-16)23-12(11(10)22-7(2)18)15-4-3-9(19)14-13(15)20/h8-12,16,19H,3-5H2,1-2H3,(H,14,20)/t8-,9?,10-,11+,12-/m1/s1. The van der Waals surface area contributed by atoms with E-state index in [4.69, 9.17) is 14.2 Å². The van der Waals surface area contributed by atoms with E-state index < -0.39 is 55.3 Å². The number of nitrogens with zero attached hydrogens (tertiary/aromatic N) is 1. The summed E-state index contributed by atoms with van der Waals surface area (Å²) in [7, 11) is 0. The number of aliphatic hydroxyl groups is 2. The van der Waals surface area contributed by atoms with Crippen LogP contribution in [0.15, 0.2) is 0 Å². The first-order chi connectivity index (χ1) is 10.8. The fourth-order valence-electron chi connectivity index (χ4n) is 2.66. The van der Waals surface area contributed by atoms with Gasteiger partial charge in [0.1, 0.15) is 12.3 Å². The van der Waals surface area contributed by atoms with Gasteiger partial charge in [0.15, 0.2) is 18.4 Å². The second-order valence-electron chi connectivity index (χ2n) is 5.34. The van der Waals surface area contributed by atoms with Crippen LogP contribution in [0.3, 0.4) is 0 Å². The van der Waals surface area contributed by atoms with Gasteiger partial charge in [-0.1, -0.05) is 0 Å². The number of esters is 2. The molecular weight excluding hydrogens is 312 g/mol. The van der Waals surface area contributed by atoms with Crippen LogP contribution >= 0.6 is 0 Å². The van der Waals surface area contributed by atoms with Crippen molar-refractivity contribution in [2.45, 2.75) is 51.0 Å². The lowest BCUT2D eigenvalue weighted by Gasteiger charge is -2.36. The predicted molar refractivity (Wildman–Crippen MR) is 72.7 cm³/mol. The van der Waals surface area contributed by atoms with Gasteiger partial charge in [0.05, 0.1) is 6.61 Å². The number of nitrogens with one attached hydrogen (secondary N) is 1. The van der Waals surface area contributed by atoms with Crippen molar-refractivity contribution in [3.05, 3.63) is 0 Å². The topological polar surface area (TPSA) is 135 Å². The van der Waals surface area contributed by atoms with Gasteiger partial charge < -0.3 is 29.7 Å². The number of hydrogen-bond acceptors (Lipinski definition) is 8. The van der Waals surface area contributed by atoms with Gasteiger partial charge in [-0.3, -0.25) is 14.5 Å². The Morgan fingerprint density at radius 1 is 1.30 bits per heavy atom. The molecule has 0 aromatic carbocycles. The number of rotatable bonds is 4. The zero-order chi connectivity index (χ0) is 17.1. The van der Waals surface area contributed by atoms with E-state index in [1.165, 1.54) is 18.7 Å². The Morgan fingerprint density at radius 2 is 1.91 bits per heavy atom. The molecule has 0 bridgehead atoms. The third-order valence-electron chi connectivity index (χ3n) is 3.57. The van der Waals surface area contributed by atoms with E-state index in [9.17, 15) is 24.6 Å². The fraction of sp³-hybridized carbons (Fsp3) is 0.769. The first kappa shape index (κ1) is 17.4. The minimum atomic E-state index is -1.07. The van der Waals surface area contributed by atoms with Crippen molar-refractivity contribution in [2.24, 2.45) is 0 Å². The molecular formula is C13H20N2O8. The highest BCUT2D eigenvalue weighted by atomic mass is 16.6. The van der Waals surface area contributed by atoms with Crippen LogP contribution in [0.25, 0.3) is 0 Å². The van der Waals surface area contributed by atoms with Gasteiger partial charge >= 0.3 is 18.0 Å². The van der Waals surface area contributed by atoms with Crippen molar-refractivity contribution < 1.29 is 38.8 Å². The first-order valence-corrected chi connectivity index (χ1v) is 7.19. The highest BCUT2D eigenvalue weighted by Crippen LogP contribution is 2.30. The van der Waals surface area contributed by atoms with Crippen LogP contribution in [0.2, 0.25) is 0 Å². The summed E-state index contributed by atoms with van der Waals surface area (Å²) in [4.78, 5) is 35.8. The lowest BCUT2D eigenvalue weighted by atomic mass is 10.1.